The van der Waals surface area contributed by atoms with Crippen molar-refractivity contribution in [1.82, 2.24) is 10.3 Å². The molecule has 3 rings (SSSR count). The molecule has 0 radical (unpaired) electrons. The Kier molecular flexibility index (Phi) is 4.98. The van der Waals surface area contributed by atoms with E-state index in [1.807, 2.05) is 23.8 Å². The molecule has 3 heterocycles. The predicted octanol–water partition coefficient (Wildman–Crippen LogP) is 4.27. The van der Waals surface area contributed by atoms with Crippen molar-refractivity contribution in [3.63, 3.8) is 0 Å². The largest absolute Gasteiger partial charge is 0.406 e. The van der Waals surface area contributed by atoms with Crippen LogP contribution in [0.3, 0.4) is 0 Å². The number of hydrogen-bond acceptors (Lipinski definition) is 6. The minimum Gasteiger partial charge on any atom is -0.406 e. The molecule has 1 atom stereocenters. The van der Waals surface area contributed by atoms with Gasteiger partial charge in [0, 0.05) is 15.4 Å². The first-order valence-electron chi connectivity index (χ1n) is 7.06. The molecule has 0 spiro atoms. The van der Waals surface area contributed by atoms with Gasteiger partial charge in [0.05, 0.1) is 5.39 Å². The van der Waals surface area contributed by atoms with Crippen molar-refractivity contribution in [2.45, 2.75) is 19.9 Å². The number of nitrogens with one attached hydrogen (secondary N) is 1. The summed E-state index contributed by atoms with van der Waals surface area (Å²) < 4.78 is 6.20. The van der Waals surface area contributed by atoms with E-state index in [2.05, 4.69) is 26.2 Å². The zero-order chi connectivity index (χ0) is 17.3. The van der Waals surface area contributed by atoms with Gasteiger partial charge in [-0.1, -0.05) is 0 Å². The molecule has 1 unspecified atom stereocenters. The summed E-state index contributed by atoms with van der Waals surface area (Å²) in [6.45, 7) is 3.57. The molecule has 0 fully saturated rings. The lowest BCUT2D eigenvalue weighted by molar-refractivity contribution is -0.117. The van der Waals surface area contributed by atoms with Crippen LogP contribution in [0, 0.1) is 6.92 Å². The van der Waals surface area contributed by atoms with Crippen molar-refractivity contribution in [2.24, 2.45) is 0 Å². The molecule has 0 aromatic carbocycles. The number of hydrogen-bond donors (Lipinski definition) is 1. The molecule has 1 amide bonds. The monoisotopic (exact) mass is 424 g/mol. The maximum atomic E-state index is 12.1. The van der Waals surface area contributed by atoms with E-state index in [4.69, 9.17) is 4.42 Å². The first kappa shape index (κ1) is 17.1. The summed E-state index contributed by atoms with van der Waals surface area (Å²) in [6.07, 6.45) is 3.17. The fourth-order valence-electron chi connectivity index (χ4n) is 2.11. The molecule has 0 aliphatic rings. The highest BCUT2D eigenvalue weighted by molar-refractivity contribution is 9.10. The molecule has 0 aliphatic carbocycles. The van der Waals surface area contributed by atoms with Crippen LogP contribution >= 0.6 is 38.6 Å². The quantitative estimate of drug-likeness (QED) is 0.634. The van der Waals surface area contributed by atoms with Gasteiger partial charge in [0.2, 0.25) is 11.8 Å². The maximum absolute atomic E-state index is 12.1. The number of carbonyl (C=O) groups is 1. The molecule has 24 heavy (non-hydrogen) atoms. The minimum absolute atomic E-state index is 0.202. The molecule has 0 bridgehead atoms. The van der Waals surface area contributed by atoms with Crippen molar-refractivity contribution in [2.75, 3.05) is 0 Å². The molecule has 0 saturated heterocycles. The SMILES string of the molecule is Cc1csc2nc(C(C)NC(=O)/C=C/c3sccc3Br)oc(=O)c12. The second-order valence-electron chi connectivity index (χ2n) is 5.13. The van der Waals surface area contributed by atoms with Crippen LogP contribution in [0.15, 0.2) is 36.6 Å². The molecule has 5 nitrogen and oxygen atoms in total. The Hall–Kier alpha value is -1.77. The van der Waals surface area contributed by atoms with Crippen LogP contribution in [0.25, 0.3) is 16.3 Å². The lowest BCUT2D eigenvalue weighted by atomic mass is 10.2. The Morgan fingerprint density at radius 3 is 2.96 bits per heavy atom. The third kappa shape index (κ3) is 3.50. The van der Waals surface area contributed by atoms with Crippen LogP contribution in [0.5, 0.6) is 0 Å². The predicted molar refractivity (Wildman–Crippen MR) is 101 cm³/mol. The summed E-state index contributed by atoms with van der Waals surface area (Å²) in [5, 5.41) is 7.05. The second kappa shape index (κ2) is 7.00. The van der Waals surface area contributed by atoms with E-state index in [9.17, 15) is 9.59 Å². The fraction of sp³-hybridized carbons (Fsp3) is 0.188. The summed E-state index contributed by atoms with van der Waals surface area (Å²) in [5.41, 5.74) is 0.428. The van der Waals surface area contributed by atoms with E-state index in [0.29, 0.717) is 10.2 Å². The number of thiophene rings is 2. The van der Waals surface area contributed by atoms with Crippen LogP contribution in [0.1, 0.15) is 29.3 Å². The molecule has 0 aliphatic heterocycles. The highest BCUT2D eigenvalue weighted by atomic mass is 79.9. The topological polar surface area (TPSA) is 72.2 Å². The van der Waals surface area contributed by atoms with Gasteiger partial charge in [-0.25, -0.2) is 9.78 Å². The van der Waals surface area contributed by atoms with E-state index in [-0.39, 0.29) is 11.8 Å². The van der Waals surface area contributed by atoms with Crippen LogP contribution in [0.2, 0.25) is 0 Å². The van der Waals surface area contributed by atoms with Gasteiger partial charge in [-0.15, -0.1) is 22.7 Å². The second-order valence-corrected chi connectivity index (χ2v) is 7.79. The van der Waals surface area contributed by atoms with Gasteiger partial charge in [0.15, 0.2) is 0 Å². The standard InChI is InChI=1S/C16H13BrN2O3S2/c1-8-7-24-15-13(8)16(21)22-14(19-15)9(2)18-12(20)4-3-11-10(17)5-6-23-11/h3-7,9H,1-2H3,(H,18,20)/b4-3+. The Labute approximate surface area is 154 Å². The van der Waals surface area contributed by atoms with Crippen molar-refractivity contribution < 1.29 is 9.21 Å². The van der Waals surface area contributed by atoms with E-state index in [1.54, 1.807) is 13.0 Å². The van der Waals surface area contributed by atoms with E-state index < -0.39 is 11.7 Å². The molecular weight excluding hydrogens is 412 g/mol. The summed E-state index contributed by atoms with van der Waals surface area (Å²) in [5.74, 6) is -0.0805. The fourth-order valence-corrected chi connectivity index (χ4v) is 4.42. The number of halogens is 1. The molecule has 0 saturated carbocycles. The highest BCUT2D eigenvalue weighted by Crippen LogP contribution is 2.24. The Morgan fingerprint density at radius 1 is 1.46 bits per heavy atom. The third-order valence-electron chi connectivity index (χ3n) is 3.33. The Morgan fingerprint density at radius 2 is 2.25 bits per heavy atom. The van der Waals surface area contributed by atoms with Crippen molar-refractivity contribution in [1.29, 1.82) is 0 Å². The number of fused-ring (bicyclic) bond motifs is 1. The highest BCUT2D eigenvalue weighted by Gasteiger charge is 2.16. The van der Waals surface area contributed by atoms with Crippen LogP contribution in [0.4, 0.5) is 0 Å². The van der Waals surface area contributed by atoms with Crippen molar-refractivity contribution >= 4 is 60.8 Å². The third-order valence-corrected chi connectivity index (χ3v) is 6.15. The summed E-state index contributed by atoms with van der Waals surface area (Å²) in [6, 6.07) is 1.41. The molecule has 124 valence electrons. The van der Waals surface area contributed by atoms with Crippen LogP contribution < -0.4 is 10.9 Å². The molecular formula is C16H13BrN2O3S2. The van der Waals surface area contributed by atoms with Gasteiger partial charge in [0.1, 0.15) is 10.9 Å². The summed E-state index contributed by atoms with van der Waals surface area (Å²) >= 11 is 6.32. The number of rotatable bonds is 4. The van der Waals surface area contributed by atoms with E-state index >= 15 is 0 Å². The van der Waals surface area contributed by atoms with Crippen LogP contribution in [-0.4, -0.2) is 10.9 Å². The molecule has 8 heteroatoms. The summed E-state index contributed by atoms with van der Waals surface area (Å²) in [4.78, 5) is 30.0. The first-order chi connectivity index (χ1) is 11.5. The lowest BCUT2D eigenvalue weighted by Crippen LogP contribution is -2.26. The zero-order valence-electron chi connectivity index (χ0n) is 12.8. The number of aromatic nitrogens is 1. The minimum atomic E-state index is -0.506. The van der Waals surface area contributed by atoms with Gasteiger partial charge in [-0.3, -0.25) is 4.79 Å². The van der Waals surface area contributed by atoms with Gasteiger partial charge >= 0.3 is 5.63 Å². The van der Waals surface area contributed by atoms with Gasteiger partial charge < -0.3 is 9.73 Å². The number of carbonyl (C=O) groups excluding carboxylic acids is 1. The average molecular weight is 425 g/mol. The Bertz CT molecular complexity index is 987. The maximum Gasteiger partial charge on any atom is 0.348 e. The lowest BCUT2D eigenvalue weighted by Gasteiger charge is -2.10. The number of nitrogens with zero attached hydrogens (tertiary/aromatic N) is 1. The van der Waals surface area contributed by atoms with Gasteiger partial charge in [0.25, 0.3) is 0 Å². The Balaban J connectivity index is 1.76. The van der Waals surface area contributed by atoms with Crippen LogP contribution in [-0.2, 0) is 4.79 Å². The average Bonchev–Trinajstić information content (AvgIpc) is 3.11. The van der Waals surface area contributed by atoms with E-state index in [1.165, 1.54) is 28.7 Å². The smallest absolute Gasteiger partial charge is 0.348 e. The van der Waals surface area contributed by atoms with Gasteiger partial charge in [-0.2, -0.15) is 0 Å². The molecule has 3 aromatic rings. The first-order valence-corrected chi connectivity index (χ1v) is 9.61. The van der Waals surface area contributed by atoms with Gasteiger partial charge in [-0.05, 0) is 58.2 Å². The van der Waals surface area contributed by atoms with E-state index in [0.717, 1.165) is 14.9 Å². The van der Waals surface area contributed by atoms with Crippen molar-refractivity contribution in [3.8, 4) is 0 Å². The number of aryl methyl sites for hydroxylation is 1. The summed E-state index contributed by atoms with van der Waals surface area (Å²) in [7, 11) is 0. The zero-order valence-corrected chi connectivity index (χ0v) is 16.0. The normalized spacial score (nSPS) is 12.8. The molecule has 3 aromatic heterocycles. The number of amides is 1. The van der Waals surface area contributed by atoms with Crippen molar-refractivity contribution in [3.05, 3.63) is 54.1 Å². The molecule has 1 N–H and O–H groups in total.